The number of methoxy groups -OCH3 is 2. The second kappa shape index (κ2) is 11.0. The lowest BCUT2D eigenvalue weighted by Crippen LogP contribution is -2.16. The SMILES string of the molecule is CCn1c(SCC(=O)Nc2ccc(OC)cc2OC)nnc1C(C)Oc1ccc(F)cc1F. The Labute approximate surface area is 194 Å². The highest BCUT2D eigenvalue weighted by atomic mass is 32.2. The molecule has 0 fully saturated rings. The summed E-state index contributed by atoms with van der Waals surface area (Å²) in [4.78, 5) is 12.5. The molecule has 8 nitrogen and oxygen atoms in total. The molecule has 2 aromatic carbocycles. The fraction of sp³-hybridized carbons (Fsp3) is 0.318. The Bertz CT molecular complexity index is 1130. The van der Waals surface area contributed by atoms with Crippen LogP contribution in [0.15, 0.2) is 41.6 Å². The fourth-order valence-electron chi connectivity index (χ4n) is 3.04. The fourth-order valence-corrected chi connectivity index (χ4v) is 3.85. The minimum Gasteiger partial charge on any atom is -0.497 e. The van der Waals surface area contributed by atoms with Crippen LogP contribution in [0.1, 0.15) is 25.8 Å². The smallest absolute Gasteiger partial charge is 0.234 e. The molecule has 1 amide bonds. The summed E-state index contributed by atoms with van der Waals surface area (Å²) < 4.78 is 44.9. The van der Waals surface area contributed by atoms with Crippen LogP contribution in [0.3, 0.4) is 0 Å². The van der Waals surface area contributed by atoms with Gasteiger partial charge in [-0.1, -0.05) is 11.8 Å². The number of aromatic nitrogens is 3. The average Bonchev–Trinajstić information content (AvgIpc) is 3.22. The Morgan fingerprint density at radius 2 is 1.91 bits per heavy atom. The molecule has 11 heteroatoms. The number of amides is 1. The van der Waals surface area contributed by atoms with Crippen LogP contribution in [0, 0.1) is 11.6 Å². The van der Waals surface area contributed by atoms with Gasteiger partial charge in [0.25, 0.3) is 0 Å². The first kappa shape index (κ1) is 24.3. The largest absolute Gasteiger partial charge is 0.497 e. The number of nitrogens with one attached hydrogen (secondary N) is 1. The number of hydrogen-bond donors (Lipinski definition) is 1. The molecule has 0 spiro atoms. The molecule has 3 rings (SSSR count). The second-order valence-corrected chi connectivity index (χ2v) is 7.77. The minimum atomic E-state index is -0.801. The molecule has 0 bridgehead atoms. The quantitative estimate of drug-likeness (QED) is 0.431. The summed E-state index contributed by atoms with van der Waals surface area (Å²) in [6, 6.07) is 8.18. The van der Waals surface area contributed by atoms with Crippen LogP contribution in [0.2, 0.25) is 0 Å². The van der Waals surface area contributed by atoms with Gasteiger partial charge in [0.1, 0.15) is 17.3 Å². The normalized spacial score (nSPS) is 11.7. The molecule has 176 valence electrons. The van der Waals surface area contributed by atoms with E-state index in [2.05, 4.69) is 15.5 Å². The lowest BCUT2D eigenvalue weighted by Gasteiger charge is -2.16. The Kier molecular flexibility index (Phi) is 8.10. The molecule has 1 N–H and O–H groups in total. The Hall–Kier alpha value is -3.34. The van der Waals surface area contributed by atoms with Crippen molar-refractivity contribution in [3.8, 4) is 17.2 Å². The first-order valence-electron chi connectivity index (χ1n) is 10.1. The number of carbonyl (C=O) groups is 1. The van der Waals surface area contributed by atoms with Gasteiger partial charge in [-0.3, -0.25) is 4.79 Å². The van der Waals surface area contributed by atoms with Crippen molar-refractivity contribution in [2.45, 2.75) is 31.7 Å². The van der Waals surface area contributed by atoms with Crippen LogP contribution >= 0.6 is 11.8 Å². The molecular formula is C22H24F2N4O4S. The molecule has 0 saturated heterocycles. The second-order valence-electron chi connectivity index (χ2n) is 6.82. The molecule has 3 aromatic rings. The summed E-state index contributed by atoms with van der Waals surface area (Å²) in [5, 5.41) is 11.6. The van der Waals surface area contributed by atoms with Crippen molar-refractivity contribution in [3.05, 3.63) is 53.9 Å². The van der Waals surface area contributed by atoms with E-state index in [1.165, 1.54) is 24.9 Å². The Balaban J connectivity index is 1.66. The molecule has 1 aromatic heterocycles. The Morgan fingerprint density at radius 3 is 2.58 bits per heavy atom. The molecule has 1 atom stereocenters. The van der Waals surface area contributed by atoms with E-state index in [-0.39, 0.29) is 17.4 Å². The number of hydrogen-bond acceptors (Lipinski definition) is 7. The maximum Gasteiger partial charge on any atom is 0.234 e. The third kappa shape index (κ3) is 5.92. The van der Waals surface area contributed by atoms with Gasteiger partial charge in [-0.25, -0.2) is 8.78 Å². The van der Waals surface area contributed by atoms with E-state index in [9.17, 15) is 13.6 Å². The Morgan fingerprint density at radius 1 is 1.12 bits per heavy atom. The van der Waals surface area contributed by atoms with E-state index in [4.69, 9.17) is 14.2 Å². The minimum absolute atomic E-state index is 0.0785. The number of carbonyl (C=O) groups excluding carboxylic acids is 1. The van der Waals surface area contributed by atoms with Gasteiger partial charge in [-0.15, -0.1) is 10.2 Å². The van der Waals surface area contributed by atoms with Crippen molar-refractivity contribution in [3.63, 3.8) is 0 Å². The van der Waals surface area contributed by atoms with E-state index in [1.54, 1.807) is 36.8 Å². The van der Waals surface area contributed by atoms with E-state index in [0.29, 0.717) is 34.7 Å². The molecule has 0 radical (unpaired) electrons. The molecule has 1 unspecified atom stereocenters. The van der Waals surface area contributed by atoms with Crippen molar-refractivity contribution >= 4 is 23.4 Å². The maximum atomic E-state index is 13.9. The monoisotopic (exact) mass is 478 g/mol. The van der Waals surface area contributed by atoms with Crippen molar-refractivity contribution in [2.24, 2.45) is 0 Å². The van der Waals surface area contributed by atoms with Gasteiger partial charge >= 0.3 is 0 Å². The van der Waals surface area contributed by atoms with Gasteiger partial charge < -0.3 is 24.1 Å². The predicted octanol–water partition coefficient (Wildman–Crippen LogP) is 4.46. The highest BCUT2D eigenvalue weighted by Crippen LogP contribution is 2.30. The third-order valence-electron chi connectivity index (χ3n) is 4.64. The summed E-state index contributed by atoms with van der Waals surface area (Å²) in [6.45, 7) is 4.10. The van der Waals surface area contributed by atoms with Gasteiger partial charge in [-0.2, -0.15) is 0 Å². The zero-order valence-electron chi connectivity index (χ0n) is 18.6. The maximum absolute atomic E-state index is 13.9. The molecule has 1 heterocycles. The molecular weight excluding hydrogens is 454 g/mol. The lowest BCUT2D eigenvalue weighted by atomic mass is 10.2. The van der Waals surface area contributed by atoms with E-state index >= 15 is 0 Å². The average molecular weight is 479 g/mol. The van der Waals surface area contributed by atoms with Gasteiger partial charge in [0.2, 0.25) is 5.91 Å². The zero-order valence-corrected chi connectivity index (χ0v) is 19.4. The number of thioether (sulfide) groups is 1. The van der Waals surface area contributed by atoms with Crippen LogP contribution in [0.5, 0.6) is 17.2 Å². The van der Waals surface area contributed by atoms with Crippen molar-refractivity contribution < 1.29 is 27.8 Å². The highest BCUT2D eigenvalue weighted by Gasteiger charge is 2.21. The van der Waals surface area contributed by atoms with Crippen LogP contribution in [-0.4, -0.2) is 40.6 Å². The van der Waals surface area contributed by atoms with Gasteiger partial charge in [0.05, 0.1) is 25.7 Å². The summed E-state index contributed by atoms with van der Waals surface area (Å²) >= 11 is 1.20. The number of halogens is 2. The predicted molar refractivity (Wildman–Crippen MR) is 120 cm³/mol. The van der Waals surface area contributed by atoms with Gasteiger partial charge in [0, 0.05) is 18.7 Å². The van der Waals surface area contributed by atoms with Crippen LogP contribution < -0.4 is 19.5 Å². The van der Waals surface area contributed by atoms with E-state index in [1.807, 2.05) is 6.92 Å². The van der Waals surface area contributed by atoms with E-state index in [0.717, 1.165) is 12.1 Å². The van der Waals surface area contributed by atoms with Crippen LogP contribution in [-0.2, 0) is 11.3 Å². The lowest BCUT2D eigenvalue weighted by molar-refractivity contribution is -0.113. The van der Waals surface area contributed by atoms with Gasteiger partial charge in [0.15, 0.2) is 28.7 Å². The third-order valence-corrected chi connectivity index (χ3v) is 5.60. The number of nitrogens with zero attached hydrogens (tertiary/aromatic N) is 3. The summed E-state index contributed by atoms with van der Waals surface area (Å²) in [5.74, 6) is -0.204. The number of rotatable bonds is 10. The van der Waals surface area contributed by atoms with E-state index < -0.39 is 17.7 Å². The number of ether oxygens (including phenoxy) is 3. The topological polar surface area (TPSA) is 87.5 Å². The summed E-state index contributed by atoms with van der Waals surface area (Å²) in [5.41, 5.74) is 0.518. The standard InChI is InChI=1S/C22H24F2N4O4S/c1-5-28-21(13(2)32-18-9-6-14(23)10-16(18)24)26-27-22(28)33-12-20(29)25-17-8-7-15(30-3)11-19(17)31-4/h6-11,13H,5,12H2,1-4H3,(H,25,29). The molecule has 33 heavy (non-hydrogen) atoms. The van der Waals surface area contributed by atoms with Crippen molar-refractivity contribution in [1.82, 2.24) is 14.8 Å². The van der Waals surface area contributed by atoms with Gasteiger partial charge in [-0.05, 0) is 38.1 Å². The number of benzene rings is 2. The molecule has 0 aliphatic rings. The van der Waals surface area contributed by atoms with Crippen LogP contribution in [0.25, 0.3) is 0 Å². The highest BCUT2D eigenvalue weighted by molar-refractivity contribution is 7.99. The van der Waals surface area contributed by atoms with Crippen LogP contribution in [0.4, 0.5) is 14.5 Å². The molecule has 0 aliphatic heterocycles. The zero-order chi connectivity index (χ0) is 24.0. The summed E-state index contributed by atoms with van der Waals surface area (Å²) in [7, 11) is 3.05. The number of anilines is 1. The molecule has 0 aliphatic carbocycles. The van der Waals surface area contributed by atoms with Crippen molar-refractivity contribution in [2.75, 3.05) is 25.3 Å². The summed E-state index contributed by atoms with van der Waals surface area (Å²) in [6.07, 6.45) is -0.649. The first-order valence-corrected chi connectivity index (χ1v) is 11.0. The first-order chi connectivity index (χ1) is 15.9. The molecule has 0 saturated carbocycles. The van der Waals surface area contributed by atoms with Crippen molar-refractivity contribution in [1.29, 1.82) is 0 Å².